The summed E-state index contributed by atoms with van der Waals surface area (Å²) in [5, 5.41) is 0. The highest BCUT2D eigenvalue weighted by molar-refractivity contribution is 5.64. The van der Waals surface area contributed by atoms with E-state index in [0.717, 1.165) is 37.2 Å². The average molecular weight is 423 g/mol. The Morgan fingerprint density at radius 1 is 0.438 bits per heavy atom. The molecule has 0 aromatic heterocycles. The predicted octanol–water partition coefficient (Wildman–Crippen LogP) is 6.94. The van der Waals surface area contributed by atoms with E-state index >= 15 is 0 Å². The van der Waals surface area contributed by atoms with Crippen LogP contribution in [-0.2, 0) is 25.7 Å². The Morgan fingerprint density at radius 2 is 0.812 bits per heavy atom. The summed E-state index contributed by atoms with van der Waals surface area (Å²) in [5.41, 5.74) is 7.83. The topological polar surface area (TPSA) is 18.5 Å². The second kappa shape index (κ2) is 10.7. The van der Waals surface area contributed by atoms with E-state index in [1.54, 1.807) is 14.2 Å². The van der Waals surface area contributed by atoms with E-state index in [1.807, 2.05) is 12.1 Å². The van der Waals surface area contributed by atoms with E-state index in [0.29, 0.717) is 0 Å². The minimum Gasteiger partial charge on any atom is -0.497 e. The lowest BCUT2D eigenvalue weighted by Gasteiger charge is -2.08. The Labute approximate surface area is 191 Å². The van der Waals surface area contributed by atoms with E-state index in [2.05, 4.69) is 84.9 Å². The van der Waals surface area contributed by atoms with Crippen molar-refractivity contribution in [1.82, 2.24) is 0 Å². The van der Waals surface area contributed by atoms with Crippen molar-refractivity contribution in [3.63, 3.8) is 0 Å². The molecule has 0 aliphatic heterocycles. The third-order valence-electron chi connectivity index (χ3n) is 5.91. The van der Waals surface area contributed by atoms with E-state index in [-0.39, 0.29) is 0 Å². The molecular formula is C30H30O2. The number of hydrogen-bond acceptors (Lipinski definition) is 2. The highest BCUT2D eigenvalue weighted by Crippen LogP contribution is 2.22. The predicted molar refractivity (Wildman–Crippen MR) is 133 cm³/mol. The van der Waals surface area contributed by atoms with Gasteiger partial charge in [-0.15, -0.1) is 0 Å². The molecule has 0 aliphatic carbocycles. The molecule has 2 nitrogen and oxygen atoms in total. The fourth-order valence-electron chi connectivity index (χ4n) is 3.96. The van der Waals surface area contributed by atoms with Crippen LogP contribution >= 0.6 is 0 Å². The summed E-state index contributed by atoms with van der Waals surface area (Å²) < 4.78 is 10.6. The monoisotopic (exact) mass is 422 g/mol. The van der Waals surface area contributed by atoms with E-state index in [1.165, 1.54) is 33.4 Å². The Kier molecular flexibility index (Phi) is 7.24. The third kappa shape index (κ3) is 5.79. The summed E-state index contributed by atoms with van der Waals surface area (Å²) in [5.74, 6) is 1.84. The molecule has 0 atom stereocenters. The Morgan fingerprint density at radius 3 is 1.19 bits per heavy atom. The maximum atomic E-state index is 5.32. The van der Waals surface area contributed by atoms with Crippen molar-refractivity contribution in [3.05, 3.63) is 119 Å². The second-order valence-corrected chi connectivity index (χ2v) is 8.10. The van der Waals surface area contributed by atoms with Crippen molar-refractivity contribution in [2.24, 2.45) is 0 Å². The maximum absolute atomic E-state index is 5.32. The molecule has 4 rings (SSSR count). The molecule has 0 radical (unpaired) electrons. The van der Waals surface area contributed by atoms with E-state index < -0.39 is 0 Å². The average Bonchev–Trinajstić information content (AvgIpc) is 2.87. The molecule has 0 heterocycles. The largest absolute Gasteiger partial charge is 0.497 e. The molecule has 0 bridgehead atoms. The molecule has 0 amide bonds. The fourth-order valence-corrected chi connectivity index (χ4v) is 3.96. The highest BCUT2D eigenvalue weighted by Gasteiger charge is 2.03. The second-order valence-electron chi connectivity index (χ2n) is 8.10. The van der Waals surface area contributed by atoms with Gasteiger partial charge in [-0.25, -0.2) is 0 Å². The quantitative estimate of drug-likeness (QED) is 0.291. The zero-order valence-electron chi connectivity index (χ0n) is 18.9. The van der Waals surface area contributed by atoms with Crippen molar-refractivity contribution in [3.8, 4) is 22.6 Å². The minimum atomic E-state index is 0.921. The first-order valence-electron chi connectivity index (χ1n) is 11.2. The van der Waals surface area contributed by atoms with Crippen molar-refractivity contribution >= 4 is 0 Å². The number of benzene rings is 4. The third-order valence-corrected chi connectivity index (χ3v) is 5.91. The summed E-state index contributed by atoms with van der Waals surface area (Å²) in [4.78, 5) is 0. The van der Waals surface area contributed by atoms with Gasteiger partial charge >= 0.3 is 0 Å². The number of ether oxygens (including phenoxy) is 2. The van der Waals surface area contributed by atoms with Crippen LogP contribution in [0.4, 0.5) is 0 Å². The van der Waals surface area contributed by atoms with Gasteiger partial charge in [-0.1, -0.05) is 72.8 Å². The molecule has 2 heteroatoms. The van der Waals surface area contributed by atoms with Gasteiger partial charge in [-0.05, 0) is 83.3 Å². The van der Waals surface area contributed by atoms with Crippen LogP contribution in [0.2, 0.25) is 0 Å². The summed E-state index contributed by atoms with van der Waals surface area (Å²) in [6.45, 7) is 0. The van der Waals surface area contributed by atoms with Crippen LogP contribution in [-0.4, -0.2) is 14.2 Å². The number of hydrogen-bond donors (Lipinski definition) is 0. The van der Waals surface area contributed by atoms with Crippen LogP contribution < -0.4 is 9.47 Å². The van der Waals surface area contributed by atoms with E-state index in [9.17, 15) is 0 Å². The number of methoxy groups -OCH3 is 2. The van der Waals surface area contributed by atoms with Gasteiger partial charge in [0.1, 0.15) is 11.5 Å². The summed E-state index contributed by atoms with van der Waals surface area (Å²) in [7, 11) is 3.43. The van der Waals surface area contributed by atoms with E-state index in [4.69, 9.17) is 9.47 Å². The fraction of sp³-hybridized carbons (Fsp3) is 0.200. The molecule has 0 unspecified atom stereocenters. The van der Waals surface area contributed by atoms with Gasteiger partial charge in [0.25, 0.3) is 0 Å². The Bertz CT molecular complexity index is 1040. The molecule has 4 aromatic carbocycles. The van der Waals surface area contributed by atoms with Gasteiger partial charge in [0, 0.05) is 0 Å². The Hall–Kier alpha value is -3.52. The molecule has 0 saturated heterocycles. The van der Waals surface area contributed by atoms with Crippen molar-refractivity contribution in [2.75, 3.05) is 14.2 Å². The summed E-state index contributed by atoms with van der Waals surface area (Å²) >= 11 is 0. The molecule has 4 aromatic rings. The number of aryl methyl sites for hydroxylation is 4. The minimum absolute atomic E-state index is 0.921. The van der Waals surface area contributed by atoms with Crippen LogP contribution in [0.15, 0.2) is 97.1 Å². The maximum Gasteiger partial charge on any atom is 0.119 e. The lowest BCUT2D eigenvalue weighted by Crippen LogP contribution is -1.93. The lowest BCUT2D eigenvalue weighted by atomic mass is 9.98. The molecule has 0 fully saturated rings. The van der Waals surface area contributed by atoms with Crippen LogP contribution in [0.25, 0.3) is 11.1 Å². The molecule has 32 heavy (non-hydrogen) atoms. The first-order valence-corrected chi connectivity index (χ1v) is 11.2. The highest BCUT2D eigenvalue weighted by atomic mass is 16.5. The van der Waals surface area contributed by atoms with Crippen LogP contribution in [0.5, 0.6) is 11.5 Å². The molecule has 0 aliphatic rings. The zero-order chi connectivity index (χ0) is 22.2. The Balaban J connectivity index is 1.33. The smallest absolute Gasteiger partial charge is 0.119 e. The van der Waals surface area contributed by atoms with Crippen LogP contribution in [0.3, 0.4) is 0 Å². The van der Waals surface area contributed by atoms with Gasteiger partial charge in [0.2, 0.25) is 0 Å². The van der Waals surface area contributed by atoms with Crippen molar-refractivity contribution in [1.29, 1.82) is 0 Å². The molecule has 0 spiro atoms. The zero-order valence-corrected chi connectivity index (χ0v) is 18.9. The molecule has 0 N–H and O–H groups in total. The van der Waals surface area contributed by atoms with Crippen LogP contribution in [0.1, 0.15) is 22.3 Å². The van der Waals surface area contributed by atoms with Crippen LogP contribution in [0, 0.1) is 0 Å². The normalized spacial score (nSPS) is 10.7. The first kappa shape index (κ1) is 21.7. The van der Waals surface area contributed by atoms with Crippen molar-refractivity contribution < 1.29 is 9.47 Å². The summed E-state index contributed by atoms with van der Waals surface area (Å²) in [6.07, 6.45) is 4.07. The van der Waals surface area contributed by atoms with Gasteiger partial charge in [-0.3, -0.25) is 0 Å². The SMILES string of the molecule is COc1cccc(CCc2ccc(-c3ccc(CCc4cccc(OC)c4)cc3)cc2)c1. The van der Waals surface area contributed by atoms with Crippen molar-refractivity contribution in [2.45, 2.75) is 25.7 Å². The molecule has 162 valence electrons. The standard InChI is InChI=1S/C30H30O2/c1-31-29-7-3-5-25(21-29)11-9-23-13-17-27(18-14-23)28-19-15-24(16-20-28)10-12-26-6-4-8-30(22-26)32-2/h3-8,13-22H,9-12H2,1-2H3. The lowest BCUT2D eigenvalue weighted by molar-refractivity contribution is 0.414. The van der Waals surface area contributed by atoms with Gasteiger partial charge in [0.05, 0.1) is 14.2 Å². The first-order chi connectivity index (χ1) is 15.7. The van der Waals surface area contributed by atoms with Gasteiger partial charge < -0.3 is 9.47 Å². The molecular weight excluding hydrogens is 392 g/mol. The molecule has 0 saturated carbocycles. The van der Waals surface area contributed by atoms with Gasteiger partial charge in [-0.2, -0.15) is 0 Å². The number of rotatable bonds is 9. The summed E-state index contributed by atoms with van der Waals surface area (Å²) in [6, 6.07) is 34.5. The van der Waals surface area contributed by atoms with Gasteiger partial charge in [0.15, 0.2) is 0 Å².